The Morgan fingerprint density at radius 2 is 1.07 bits per heavy atom. The average Bonchev–Trinajstić information content (AvgIpc) is 2.88. The molecule has 0 saturated heterocycles. The number of aliphatic hydroxyl groups excluding tert-OH is 3. The van der Waals surface area contributed by atoms with E-state index >= 15 is 0 Å². The Morgan fingerprint density at radius 1 is 0.643 bits per heavy atom. The lowest BCUT2D eigenvalue weighted by Gasteiger charge is -2.39. The van der Waals surface area contributed by atoms with Gasteiger partial charge in [-0.05, 0) is 12.2 Å². The number of carbonyl (C=O) groups excluding carboxylic acids is 1. The fourth-order valence-corrected chi connectivity index (χ4v) is 5.67. The van der Waals surface area contributed by atoms with Gasteiger partial charge in [0.25, 0.3) is 0 Å². The second-order valence-corrected chi connectivity index (χ2v) is 12.1. The summed E-state index contributed by atoms with van der Waals surface area (Å²) in [6.45, 7) is -1.12. The van der Waals surface area contributed by atoms with E-state index < -0.39 is 83.8 Å². The van der Waals surface area contributed by atoms with Crippen molar-refractivity contribution >= 4 is 29.4 Å². The molecular weight excluding hydrogens is 653 g/mol. The summed E-state index contributed by atoms with van der Waals surface area (Å²) in [4.78, 5) is 12.7. The van der Waals surface area contributed by atoms with Gasteiger partial charge in [-0.3, -0.25) is 4.79 Å². The number of halogens is 13. The van der Waals surface area contributed by atoms with Crippen LogP contribution in [-0.4, -0.2) is 98.5 Å². The van der Waals surface area contributed by atoms with Gasteiger partial charge in [0.05, 0.1) is 19.8 Å². The number of nitrogens with one attached hydrogen (secondary N) is 1. The Kier molecular flexibility index (Phi) is 15.6. The van der Waals surface area contributed by atoms with Crippen LogP contribution < -0.4 is 5.32 Å². The standard InChI is InChI=1S/C22H32F13NO4S2/c1-2-3-4-5-6-7-9-41-15(14(40)36-16(11-37,12-38)13-39)42-10-8-17(23,24)18(25,26)19(27,28)20(29,30)21(31,32)22(33,34)35/h15,37-39H,2-13H2,1H3,(H,36,40). The number of hydrogen-bond donors (Lipinski definition) is 4. The Hall–Kier alpha value is -0.860. The molecule has 0 aromatic heterocycles. The van der Waals surface area contributed by atoms with Gasteiger partial charge < -0.3 is 20.6 Å². The molecular formula is C22H32F13NO4S2. The van der Waals surface area contributed by atoms with Crippen LogP contribution in [0.2, 0.25) is 0 Å². The van der Waals surface area contributed by atoms with Crippen LogP contribution in [0.4, 0.5) is 57.1 Å². The molecule has 0 heterocycles. The topological polar surface area (TPSA) is 89.8 Å². The summed E-state index contributed by atoms with van der Waals surface area (Å²) in [5.74, 6) is -39.8. The first kappa shape index (κ1) is 41.1. The minimum Gasteiger partial charge on any atom is -0.394 e. The monoisotopic (exact) mass is 685 g/mol. The van der Waals surface area contributed by atoms with E-state index in [1.807, 2.05) is 12.2 Å². The van der Waals surface area contributed by atoms with Gasteiger partial charge in [0.1, 0.15) is 10.1 Å². The van der Waals surface area contributed by atoms with Crippen molar-refractivity contribution in [3.05, 3.63) is 0 Å². The quantitative estimate of drug-likeness (QED) is 0.0664. The second kappa shape index (κ2) is 15.9. The van der Waals surface area contributed by atoms with E-state index in [2.05, 4.69) is 0 Å². The Bertz CT molecular complexity index is 820. The first-order chi connectivity index (χ1) is 19.0. The molecule has 1 amide bonds. The van der Waals surface area contributed by atoms with Crippen LogP contribution in [0.25, 0.3) is 0 Å². The third kappa shape index (κ3) is 9.32. The predicted molar refractivity (Wildman–Crippen MR) is 130 cm³/mol. The van der Waals surface area contributed by atoms with Crippen molar-refractivity contribution in [1.82, 2.24) is 5.32 Å². The highest BCUT2D eigenvalue weighted by molar-refractivity contribution is 8.18. The Labute approximate surface area is 241 Å². The first-order valence-corrected chi connectivity index (χ1v) is 14.4. The zero-order valence-electron chi connectivity index (χ0n) is 22.0. The van der Waals surface area contributed by atoms with Crippen LogP contribution in [-0.2, 0) is 4.79 Å². The lowest BCUT2D eigenvalue weighted by atomic mass is 9.93. The Morgan fingerprint density at radius 3 is 1.52 bits per heavy atom. The van der Waals surface area contributed by atoms with Crippen LogP contribution >= 0.6 is 23.5 Å². The van der Waals surface area contributed by atoms with Gasteiger partial charge in [-0.1, -0.05) is 39.0 Å². The fourth-order valence-electron chi connectivity index (χ4n) is 3.11. The number of aliphatic hydroxyl groups is 3. The molecule has 0 radical (unpaired) electrons. The molecule has 0 aliphatic rings. The number of amides is 1. The summed E-state index contributed by atoms with van der Waals surface area (Å²) >= 11 is 0.798. The zero-order valence-corrected chi connectivity index (χ0v) is 23.7. The number of hydrogen-bond acceptors (Lipinski definition) is 6. The van der Waals surface area contributed by atoms with Crippen LogP contribution in [0.3, 0.4) is 0 Å². The van der Waals surface area contributed by atoms with Gasteiger partial charge in [0, 0.05) is 12.2 Å². The summed E-state index contributed by atoms with van der Waals surface area (Å²) in [6.07, 6.45) is -5.32. The molecule has 0 aliphatic heterocycles. The molecule has 5 nitrogen and oxygen atoms in total. The van der Waals surface area contributed by atoms with Crippen molar-refractivity contribution in [2.24, 2.45) is 0 Å². The van der Waals surface area contributed by atoms with E-state index in [1.165, 1.54) is 0 Å². The first-order valence-electron chi connectivity index (χ1n) is 12.3. The summed E-state index contributed by atoms with van der Waals surface area (Å²) in [7, 11) is 0. The van der Waals surface area contributed by atoms with Gasteiger partial charge in [0.15, 0.2) is 0 Å². The number of thioether (sulfide) groups is 2. The summed E-state index contributed by atoms with van der Waals surface area (Å²) in [5.41, 5.74) is -2.02. The van der Waals surface area contributed by atoms with Crippen LogP contribution in [0, 0.1) is 0 Å². The SMILES string of the molecule is CCCCCCCCSC(SCCC(F)(F)C(F)(F)C(F)(F)C(F)(F)C(F)(F)C(F)(F)F)C(=O)NC(CO)(CO)CO. The van der Waals surface area contributed by atoms with Crippen LogP contribution in [0.15, 0.2) is 0 Å². The molecule has 1 atom stereocenters. The van der Waals surface area contributed by atoms with Gasteiger partial charge >= 0.3 is 35.8 Å². The number of rotatable bonds is 21. The lowest BCUT2D eigenvalue weighted by Crippen LogP contribution is -2.70. The molecule has 252 valence electrons. The van der Waals surface area contributed by atoms with E-state index in [0.29, 0.717) is 12.8 Å². The highest BCUT2D eigenvalue weighted by Gasteiger charge is 2.90. The fraction of sp³-hybridized carbons (Fsp3) is 0.955. The number of alkyl halides is 13. The molecule has 0 aromatic carbocycles. The highest BCUT2D eigenvalue weighted by atomic mass is 32.2. The molecule has 0 fully saturated rings. The van der Waals surface area contributed by atoms with Gasteiger partial charge in [-0.2, -0.15) is 57.1 Å². The molecule has 20 heteroatoms. The third-order valence-electron chi connectivity index (χ3n) is 5.96. The van der Waals surface area contributed by atoms with Gasteiger partial charge in [0.2, 0.25) is 5.91 Å². The van der Waals surface area contributed by atoms with Crippen molar-refractivity contribution in [2.75, 3.05) is 31.3 Å². The molecule has 0 bridgehead atoms. The predicted octanol–water partition coefficient (Wildman–Crippen LogP) is 6.10. The average molecular weight is 686 g/mol. The summed E-state index contributed by atoms with van der Waals surface area (Å²) in [5, 5.41) is 30.1. The van der Waals surface area contributed by atoms with E-state index in [1.54, 1.807) is 0 Å². The van der Waals surface area contributed by atoms with Gasteiger partial charge in [-0.15, -0.1) is 23.5 Å². The van der Waals surface area contributed by atoms with E-state index in [4.69, 9.17) is 0 Å². The minimum atomic E-state index is -7.99. The highest BCUT2D eigenvalue weighted by Crippen LogP contribution is 2.60. The van der Waals surface area contributed by atoms with E-state index in [0.717, 1.165) is 37.4 Å². The van der Waals surface area contributed by atoms with E-state index in [-0.39, 0.29) is 17.5 Å². The molecule has 0 aliphatic carbocycles. The molecule has 1 unspecified atom stereocenters. The molecule has 0 saturated carbocycles. The summed E-state index contributed by atoms with van der Waals surface area (Å²) in [6, 6.07) is 0. The number of carbonyl (C=O) groups is 1. The smallest absolute Gasteiger partial charge is 0.394 e. The second-order valence-electron chi connectivity index (χ2n) is 9.33. The molecule has 0 aromatic rings. The van der Waals surface area contributed by atoms with Crippen molar-refractivity contribution in [1.29, 1.82) is 0 Å². The normalized spacial score (nSPS) is 15.2. The Balaban J connectivity index is 5.79. The molecule has 0 spiro atoms. The van der Waals surface area contributed by atoms with Crippen molar-refractivity contribution in [3.63, 3.8) is 0 Å². The van der Waals surface area contributed by atoms with Crippen LogP contribution in [0.1, 0.15) is 51.9 Å². The lowest BCUT2D eigenvalue weighted by molar-refractivity contribution is -0.439. The summed E-state index contributed by atoms with van der Waals surface area (Å²) < 4.78 is 172. The third-order valence-corrected chi connectivity index (χ3v) is 8.78. The maximum absolute atomic E-state index is 14.1. The number of unbranched alkanes of at least 4 members (excludes halogenated alkanes) is 5. The minimum absolute atomic E-state index is 0.0768. The van der Waals surface area contributed by atoms with Crippen LogP contribution in [0.5, 0.6) is 0 Å². The van der Waals surface area contributed by atoms with Crippen molar-refractivity contribution in [3.8, 4) is 0 Å². The molecule has 4 N–H and O–H groups in total. The zero-order chi connectivity index (χ0) is 33.3. The largest absolute Gasteiger partial charge is 0.460 e. The molecule has 42 heavy (non-hydrogen) atoms. The maximum Gasteiger partial charge on any atom is 0.460 e. The van der Waals surface area contributed by atoms with Crippen molar-refractivity contribution in [2.45, 2.75) is 97.8 Å². The molecule has 0 rings (SSSR count). The van der Waals surface area contributed by atoms with E-state index in [9.17, 15) is 77.2 Å². The maximum atomic E-state index is 14.1. The van der Waals surface area contributed by atoms with Crippen molar-refractivity contribution < 1.29 is 77.2 Å². The van der Waals surface area contributed by atoms with Gasteiger partial charge in [-0.25, -0.2) is 0 Å².